The zero-order valence-electron chi connectivity index (χ0n) is 17.4. The van der Waals surface area contributed by atoms with Gasteiger partial charge in [-0.2, -0.15) is 0 Å². The summed E-state index contributed by atoms with van der Waals surface area (Å²) in [7, 11) is 3.13. The van der Waals surface area contributed by atoms with Crippen LogP contribution in [0.15, 0.2) is 48.5 Å². The van der Waals surface area contributed by atoms with E-state index in [1.807, 2.05) is 41.3 Å². The summed E-state index contributed by atoms with van der Waals surface area (Å²) in [5.74, 6) is 0.666. The van der Waals surface area contributed by atoms with Crippen molar-refractivity contribution in [1.82, 2.24) is 4.90 Å². The lowest BCUT2D eigenvalue weighted by Gasteiger charge is -2.36. The van der Waals surface area contributed by atoms with Gasteiger partial charge >= 0.3 is 0 Å². The predicted octanol–water partition coefficient (Wildman–Crippen LogP) is 2.04. The van der Waals surface area contributed by atoms with Crippen LogP contribution in [-0.4, -0.2) is 70.3 Å². The van der Waals surface area contributed by atoms with Gasteiger partial charge in [0.25, 0.3) is 0 Å². The summed E-state index contributed by atoms with van der Waals surface area (Å²) >= 11 is 0. The predicted molar refractivity (Wildman–Crippen MR) is 117 cm³/mol. The molecular weight excluding hydrogens is 384 g/mol. The first-order valence-electron chi connectivity index (χ1n) is 9.88. The van der Waals surface area contributed by atoms with E-state index in [1.54, 1.807) is 19.2 Å². The van der Waals surface area contributed by atoms with Crippen molar-refractivity contribution in [3.05, 3.63) is 48.5 Å². The molecule has 8 nitrogen and oxygen atoms in total. The first-order valence-corrected chi connectivity index (χ1v) is 9.88. The Bertz CT molecular complexity index is 848. The number of nitrogens with one attached hydrogen (secondary N) is 2. The molecule has 0 atom stereocenters. The number of rotatable bonds is 8. The third-order valence-corrected chi connectivity index (χ3v) is 4.94. The van der Waals surface area contributed by atoms with E-state index < -0.39 is 0 Å². The fourth-order valence-electron chi connectivity index (χ4n) is 3.33. The first kappa shape index (κ1) is 21.4. The number of hydrogen-bond acceptors (Lipinski definition) is 6. The van der Waals surface area contributed by atoms with Gasteiger partial charge in [0, 0.05) is 50.4 Å². The van der Waals surface area contributed by atoms with Crippen molar-refractivity contribution < 1.29 is 19.1 Å². The summed E-state index contributed by atoms with van der Waals surface area (Å²) in [6.07, 6.45) is 0. The van der Waals surface area contributed by atoms with Crippen LogP contribution in [0.25, 0.3) is 0 Å². The molecule has 30 heavy (non-hydrogen) atoms. The van der Waals surface area contributed by atoms with Crippen molar-refractivity contribution in [2.45, 2.75) is 0 Å². The van der Waals surface area contributed by atoms with Crippen molar-refractivity contribution in [2.75, 3.05) is 69.1 Å². The Hall–Kier alpha value is -3.26. The van der Waals surface area contributed by atoms with Crippen molar-refractivity contribution >= 4 is 28.9 Å². The average Bonchev–Trinajstić information content (AvgIpc) is 2.78. The summed E-state index contributed by atoms with van der Waals surface area (Å²) in [6, 6.07) is 15.2. The Morgan fingerprint density at radius 3 is 2.33 bits per heavy atom. The highest BCUT2D eigenvalue weighted by Gasteiger charge is 2.21. The van der Waals surface area contributed by atoms with Crippen LogP contribution in [-0.2, 0) is 14.3 Å². The van der Waals surface area contributed by atoms with Gasteiger partial charge in [0.15, 0.2) is 0 Å². The van der Waals surface area contributed by atoms with E-state index in [0.29, 0.717) is 18.8 Å². The van der Waals surface area contributed by atoms with Crippen molar-refractivity contribution in [3.63, 3.8) is 0 Å². The van der Waals surface area contributed by atoms with Gasteiger partial charge < -0.3 is 29.9 Å². The molecule has 0 aromatic heterocycles. The Morgan fingerprint density at radius 1 is 0.967 bits per heavy atom. The third-order valence-electron chi connectivity index (χ3n) is 4.94. The molecule has 0 aliphatic carbocycles. The van der Waals surface area contributed by atoms with Crippen molar-refractivity contribution in [3.8, 4) is 5.75 Å². The molecule has 0 bridgehead atoms. The molecule has 3 rings (SSSR count). The summed E-state index contributed by atoms with van der Waals surface area (Å²) in [6.45, 7) is 3.15. The third kappa shape index (κ3) is 5.87. The Balaban J connectivity index is 1.46. The Labute approximate surface area is 176 Å². The molecule has 160 valence electrons. The number of anilines is 3. The lowest BCUT2D eigenvalue weighted by molar-refractivity contribution is -0.129. The van der Waals surface area contributed by atoms with Crippen LogP contribution >= 0.6 is 0 Å². The van der Waals surface area contributed by atoms with E-state index in [0.717, 1.165) is 30.2 Å². The molecule has 0 radical (unpaired) electrons. The van der Waals surface area contributed by atoms with Crippen LogP contribution in [0.2, 0.25) is 0 Å². The zero-order valence-corrected chi connectivity index (χ0v) is 17.4. The Kier molecular flexibility index (Phi) is 7.51. The van der Waals surface area contributed by atoms with Gasteiger partial charge in [0.1, 0.15) is 12.4 Å². The number of amides is 2. The van der Waals surface area contributed by atoms with Gasteiger partial charge in [-0.25, -0.2) is 0 Å². The number of ether oxygens (including phenoxy) is 2. The number of piperazine rings is 1. The van der Waals surface area contributed by atoms with Gasteiger partial charge in [-0.3, -0.25) is 9.59 Å². The van der Waals surface area contributed by atoms with E-state index in [2.05, 4.69) is 15.5 Å². The number of carbonyl (C=O) groups excluding carboxylic acids is 2. The van der Waals surface area contributed by atoms with E-state index in [1.165, 1.54) is 7.11 Å². The standard InChI is InChI=1S/C22H28N4O4/c1-29-16-21(27)24-18-5-3-4-17(14-18)23-15-22(28)26-12-10-25(11-13-26)19-6-8-20(30-2)9-7-19/h3-9,14,23H,10-13,15-16H2,1-2H3,(H,24,27). The Morgan fingerprint density at radius 2 is 1.67 bits per heavy atom. The molecule has 8 heteroatoms. The fourth-order valence-corrected chi connectivity index (χ4v) is 3.33. The van der Waals surface area contributed by atoms with E-state index >= 15 is 0 Å². The second kappa shape index (κ2) is 10.5. The van der Waals surface area contributed by atoms with Crippen LogP contribution in [0.4, 0.5) is 17.1 Å². The van der Waals surface area contributed by atoms with Crippen molar-refractivity contribution in [1.29, 1.82) is 0 Å². The molecule has 1 saturated heterocycles. The minimum absolute atomic E-state index is 0.00134. The highest BCUT2D eigenvalue weighted by molar-refractivity contribution is 5.92. The van der Waals surface area contributed by atoms with Gasteiger partial charge in [0.2, 0.25) is 11.8 Å². The molecule has 2 amide bonds. The molecule has 2 aromatic carbocycles. The monoisotopic (exact) mass is 412 g/mol. The second-order valence-corrected chi connectivity index (χ2v) is 6.98. The number of hydrogen-bond donors (Lipinski definition) is 2. The lowest BCUT2D eigenvalue weighted by Crippen LogP contribution is -2.50. The molecular formula is C22H28N4O4. The largest absolute Gasteiger partial charge is 0.497 e. The zero-order chi connectivity index (χ0) is 21.3. The van der Waals surface area contributed by atoms with Gasteiger partial charge in [-0.15, -0.1) is 0 Å². The first-order chi connectivity index (χ1) is 14.6. The quantitative estimate of drug-likeness (QED) is 0.691. The topological polar surface area (TPSA) is 83.1 Å². The normalized spacial score (nSPS) is 13.7. The average molecular weight is 412 g/mol. The SMILES string of the molecule is COCC(=O)Nc1cccc(NCC(=O)N2CCN(c3ccc(OC)cc3)CC2)c1. The summed E-state index contributed by atoms with van der Waals surface area (Å²) in [5.41, 5.74) is 2.56. The summed E-state index contributed by atoms with van der Waals surface area (Å²) in [4.78, 5) is 28.4. The smallest absolute Gasteiger partial charge is 0.250 e. The number of benzene rings is 2. The molecule has 0 saturated carbocycles. The maximum absolute atomic E-state index is 12.6. The highest BCUT2D eigenvalue weighted by Crippen LogP contribution is 2.20. The minimum Gasteiger partial charge on any atom is -0.497 e. The van der Waals surface area contributed by atoms with Crippen LogP contribution in [0.5, 0.6) is 5.75 Å². The van der Waals surface area contributed by atoms with Crippen LogP contribution in [0.1, 0.15) is 0 Å². The van der Waals surface area contributed by atoms with Gasteiger partial charge in [-0.1, -0.05) is 6.07 Å². The molecule has 2 aromatic rings. The number of carbonyl (C=O) groups is 2. The molecule has 1 heterocycles. The maximum atomic E-state index is 12.6. The molecule has 1 fully saturated rings. The molecule has 0 spiro atoms. The maximum Gasteiger partial charge on any atom is 0.250 e. The van der Waals surface area contributed by atoms with Gasteiger partial charge in [0.05, 0.1) is 13.7 Å². The van der Waals surface area contributed by atoms with E-state index in [9.17, 15) is 9.59 Å². The summed E-state index contributed by atoms with van der Waals surface area (Å²) < 4.78 is 10.0. The van der Waals surface area contributed by atoms with Crippen LogP contribution in [0.3, 0.4) is 0 Å². The number of methoxy groups -OCH3 is 2. The van der Waals surface area contributed by atoms with Crippen LogP contribution in [0, 0.1) is 0 Å². The minimum atomic E-state index is -0.222. The van der Waals surface area contributed by atoms with Gasteiger partial charge in [-0.05, 0) is 42.5 Å². The fraction of sp³-hybridized carbons (Fsp3) is 0.364. The highest BCUT2D eigenvalue weighted by atomic mass is 16.5. The second-order valence-electron chi connectivity index (χ2n) is 6.98. The molecule has 1 aliphatic heterocycles. The van der Waals surface area contributed by atoms with E-state index in [-0.39, 0.29) is 25.0 Å². The summed E-state index contributed by atoms with van der Waals surface area (Å²) in [5, 5.41) is 5.89. The van der Waals surface area contributed by atoms with Crippen LogP contribution < -0.4 is 20.3 Å². The lowest BCUT2D eigenvalue weighted by atomic mass is 10.2. The van der Waals surface area contributed by atoms with Crippen molar-refractivity contribution in [2.24, 2.45) is 0 Å². The molecule has 0 unspecified atom stereocenters. The van der Waals surface area contributed by atoms with E-state index in [4.69, 9.17) is 9.47 Å². The number of nitrogens with zero attached hydrogens (tertiary/aromatic N) is 2. The molecule has 2 N–H and O–H groups in total. The molecule has 1 aliphatic rings.